The van der Waals surface area contributed by atoms with Gasteiger partial charge in [-0.3, -0.25) is 4.79 Å². The Balaban J connectivity index is 1.70. The summed E-state index contributed by atoms with van der Waals surface area (Å²) in [6.07, 6.45) is 9.13. The van der Waals surface area contributed by atoms with Gasteiger partial charge in [0.2, 0.25) is 0 Å². The lowest BCUT2D eigenvalue weighted by molar-refractivity contribution is -0.145. The molecule has 21 heavy (non-hydrogen) atoms. The quantitative estimate of drug-likeness (QED) is 0.904. The number of hydrogen-bond donors (Lipinski definition) is 1. The SMILES string of the molecule is O=C(O)C1(CC2CC3CCC2C3)CCCc2ccccc21. The normalized spacial score (nSPS) is 37.4. The maximum atomic E-state index is 12.2. The molecular formula is C19H24O2. The molecule has 0 radical (unpaired) electrons. The van der Waals surface area contributed by atoms with Crippen molar-refractivity contribution >= 4 is 5.97 Å². The van der Waals surface area contributed by atoms with E-state index >= 15 is 0 Å². The average Bonchev–Trinajstić information content (AvgIpc) is 3.10. The molecule has 4 unspecified atom stereocenters. The highest BCUT2D eigenvalue weighted by Gasteiger charge is 2.49. The van der Waals surface area contributed by atoms with Gasteiger partial charge in [-0.2, -0.15) is 0 Å². The van der Waals surface area contributed by atoms with Crippen LogP contribution in [-0.4, -0.2) is 11.1 Å². The summed E-state index contributed by atoms with van der Waals surface area (Å²) in [6, 6.07) is 8.28. The molecule has 2 nitrogen and oxygen atoms in total. The van der Waals surface area contributed by atoms with E-state index in [0.29, 0.717) is 5.92 Å². The fourth-order valence-electron chi connectivity index (χ4n) is 5.52. The van der Waals surface area contributed by atoms with Crippen LogP contribution in [-0.2, 0) is 16.6 Å². The summed E-state index contributed by atoms with van der Waals surface area (Å²) in [5.74, 6) is 1.76. The predicted molar refractivity (Wildman–Crippen MR) is 82.2 cm³/mol. The van der Waals surface area contributed by atoms with Crippen molar-refractivity contribution in [3.05, 3.63) is 35.4 Å². The smallest absolute Gasteiger partial charge is 0.314 e. The fraction of sp³-hybridized carbons (Fsp3) is 0.632. The van der Waals surface area contributed by atoms with E-state index in [1.54, 1.807) is 0 Å². The van der Waals surface area contributed by atoms with Gasteiger partial charge in [-0.05, 0) is 73.8 Å². The summed E-state index contributed by atoms with van der Waals surface area (Å²) in [6.45, 7) is 0. The van der Waals surface area contributed by atoms with Crippen LogP contribution < -0.4 is 0 Å². The zero-order valence-electron chi connectivity index (χ0n) is 12.6. The summed E-state index contributed by atoms with van der Waals surface area (Å²) in [4.78, 5) is 12.2. The van der Waals surface area contributed by atoms with Gasteiger partial charge in [-0.25, -0.2) is 0 Å². The number of benzene rings is 1. The van der Waals surface area contributed by atoms with Crippen molar-refractivity contribution in [1.29, 1.82) is 0 Å². The molecule has 1 aromatic rings. The van der Waals surface area contributed by atoms with E-state index in [9.17, 15) is 9.90 Å². The van der Waals surface area contributed by atoms with Crippen LogP contribution in [0.25, 0.3) is 0 Å². The Morgan fingerprint density at radius 1 is 1.24 bits per heavy atom. The molecule has 0 aromatic heterocycles. The Kier molecular flexibility index (Phi) is 3.09. The third-order valence-corrected chi connectivity index (χ3v) is 6.49. The highest BCUT2D eigenvalue weighted by molar-refractivity contribution is 5.82. The van der Waals surface area contributed by atoms with Gasteiger partial charge in [0, 0.05) is 0 Å². The highest BCUT2D eigenvalue weighted by atomic mass is 16.4. The van der Waals surface area contributed by atoms with Crippen LogP contribution in [0.1, 0.15) is 56.1 Å². The van der Waals surface area contributed by atoms with E-state index in [4.69, 9.17) is 0 Å². The standard InChI is InChI=1S/C19H24O2/c20-18(21)19(12-16-11-13-7-8-15(16)10-13)9-3-5-14-4-1-2-6-17(14)19/h1-2,4,6,13,15-16H,3,5,7-12H2,(H,20,21). The van der Waals surface area contributed by atoms with Gasteiger partial charge in [-0.1, -0.05) is 30.7 Å². The van der Waals surface area contributed by atoms with Crippen LogP contribution in [0.15, 0.2) is 24.3 Å². The molecule has 0 amide bonds. The van der Waals surface area contributed by atoms with E-state index in [1.165, 1.54) is 31.2 Å². The van der Waals surface area contributed by atoms with Gasteiger partial charge in [0.05, 0.1) is 5.41 Å². The first-order valence-corrected chi connectivity index (χ1v) is 8.51. The summed E-state index contributed by atoms with van der Waals surface area (Å²) < 4.78 is 0. The Morgan fingerprint density at radius 3 is 2.81 bits per heavy atom. The van der Waals surface area contributed by atoms with Crippen molar-refractivity contribution in [2.75, 3.05) is 0 Å². The molecule has 4 rings (SSSR count). The monoisotopic (exact) mass is 284 g/mol. The largest absolute Gasteiger partial charge is 0.481 e. The van der Waals surface area contributed by atoms with E-state index in [0.717, 1.165) is 43.1 Å². The predicted octanol–water partition coefficient (Wildman–Crippen LogP) is 4.17. The van der Waals surface area contributed by atoms with Crippen LogP contribution in [0.2, 0.25) is 0 Å². The summed E-state index contributed by atoms with van der Waals surface area (Å²) in [7, 11) is 0. The van der Waals surface area contributed by atoms with Crippen LogP contribution in [0.5, 0.6) is 0 Å². The lowest BCUT2D eigenvalue weighted by Crippen LogP contribution is -2.41. The Hall–Kier alpha value is -1.31. The Labute approximate surface area is 126 Å². The first kappa shape index (κ1) is 13.4. The maximum absolute atomic E-state index is 12.2. The van der Waals surface area contributed by atoms with Crippen molar-refractivity contribution in [2.24, 2.45) is 17.8 Å². The number of aliphatic carboxylic acids is 1. The van der Waals surface area contributed by atoms with Gasteiger partial charge < -0.3 is 5.11 Å². The first-order valence-electron chi connectivity index (χ1n) is 8.51. The van der Waals surface area contributed by atoms with Gasteiger partial charge in [0.25, 0.3) is 0 Å². The fourth-order valence-corrected chi connectivity index (χ4v) is 5.52. The maximum Gasteiger partial charge on any atom is 0.314 e. The molecule has 2 bridgehead atoms. The molecule has 0 aliphatic heterocycles. The molecule has 0 saturated heterocycles. The molecule has 2 saturated carbocycles. The Bertz CT molecular complexity index is 564. The molecule has 0 heterocycles. The van der Waals surface area contributed by atoms with Gasteiger partial charge in [0.15, 0.2) is 0 Å². The minimum Gasteiger partial charge on any atom is -0.481 e. The van der Waals surface area contributed by atoms with Crippen LogP contribution in [0.4, 0.5) is 0 Å². The number of rotatable bonds is 3. The minimum absolute atomic E-state index is 0.586. The summed E-state index contributed by atoms with van der Waals surface area (Å²) >= 11 is 0. The third-order valence-electron chi connectivity index (χ3n) is 6.49. The molecule has 112 valence electrons. The number of carboxylic acid groups (broad SMARTS) is 1. The topological polar surface area (TPSA) is 37.3 Å². The third kappa shape index (κ3) is 2.03. The highest BCUT2D eigenvalue weighted by Crippen LogP contribution is 2.54. The molecule has 2 fully saturated rings. The molecule has 3 aliphatic rings. The molecule has 1 aromatic carbocycles. The molecule has 2 heteroatoms. The molecule has 3 aliphatic carbocycles. The lowest BCUT2D eigenvalue weighted by Gasteiger charge is -2.39. The van der Waals surface area contributed by atoms with Crippen molar-refractivity contribution in [1.82, 2.24) is 0 Å². The van der Waals surface area contributed by atoms with Crippen molar-refractivity contribution in [3.8, 4) is 0 Å². The molecule has 1 N–H and O–H groups in total. The van der Waals surface area contributed by atoms with Crippen molar-refractivity contribution < 1.29 is 9.90 Å². The Morgan fingerprint density at radius 2 is 2.10 bits per heavy atom. The minimum atomic E-state index is -0.607. The van der Waals surface area contributed by atoms with Crippen molar-refractivity contribution in [3.63, 3.8) is 0 Å². The van der Waals surface area contributed by atoms with Crippen LogP contribution in [0.3, 0.4) is 0 Å². The number of aryl methyl sites for hydroxylation is 1. The number of carbonyl (C=O) groups is 1. The average molecular weight is 284 g/mol. The van der Waals surface area contributed by atoms with Gasteiger partial charge in [-0.15, -0.1) is 0 Å². The number of carboxylic acids is 1. The second-order valence-corrected chi connectivity index (χ2v) is 7.54. The molecule has 0 spiro atoms. The summed E-state index contributed by atoms with van der Waals surface area (Å²) in [5, 5.41) is 10.1. The van der Waals surface area contributed by atoms with E-state index in [-0.39, 0.29) is 0 Å². The van der Waals surface area contributed by atoms with Gasteiger partial charge >= 0.3 is 5.97 Å². The van der Waals surface area contributed by atoms with Crippen LogP contribution >= 0.6 is 0 Å². The number of hydrogen-bond acceptors (Lipinski definition) is 1. The van der Waals surface area contributed by atoms with E-state index < -0.39 is 11.4 Å². The van der Waals surface area contributed by atoms with Gasteiger partial charge in [0.1, 0.15) is 0 Å². The van der Waals surface area contributed by atoms with Crippen LogP contribution in [0, 0.1) is 17.8 Å². The zero-order chi connectivity index (χ0) is 14.4. The summed E-state index contributed by atoms with van der Waals surface area (Å²) in [5.41, 5.74) is 1.78. The zero-order valence-corrected chi connectivity index (χ0v) is 12.6. The van der Waals surface area contributed by atoms with Crippen molar-refractivity contribution in [2.45, 2.75) is 56.8 Å². The lowest BCUT2D eigenvalue weighted by atomic mass is 9.64. The first-order chi connectivity index (χ1) is 10.2. The second-order valence-electron chi connectivity index (χ2n) is 7.54. The molecular weight excluding hydrogens is 260 g/mol. The number of fused-ring (bicyclic) bond motifs is 3. The van der Waals surface area contributed by atoms with E-state index in [1.807, 2.05) is 12.1 Å². The molecule has 4 atom stereocenters. The van der Waals surface area contributed by atoms with E-state index in [2.05, 4.69) is 12.1 Å². The second kappa shape index (κ2) is 4.86.